The summed E-state index contributed by atoms with van der Waals surface area (Å²) >= 11 is 0. The first-order chi connectivity index (χ1) is 13.2. The second-order valence-corrected chi connectivity index (χ2v) is 7.21. The standard InChI is InChI=1S/C21H33NO5/c23-15-18-14-21(17-24,9-7-20(18)25)16-22-10-3-1-2-4-11-26-13-8-19-6-5-12-27-19/h5-7,9,12,22-25H,1-4,8,10-11,13-17H2. The molecular formula is C21H33NO5. The number of hydrogen-bond donors (Lipinski definition) is 4. The first kappa shape index (κ1) is 21.7. The van der Waals surface area contributed by atoms with Gasteiger partial charge in [0.15, 0.2) is 0 Å². The summed E-state index contributed by atoms with van der Waals surface area (Å²) in [5.41, 5.74) is 0.145. The third-order valence-corrected chi connectivity index (χ3v) is 4.97. The molecule has 1 unspecified atom stereocenters. The fourth-order valence-electron chi connectivity index (χ4n) is 3.25. The van der Waals surface area contributed by atoms with E-state index in [2.05, 4.69) is 5.32 Å². The molecular weight excluding hydrogens is 346 g/mol. The molecule has 0 fully saturated rings. The van der Waals surface area contributed by atoms with E-state index >= 15 is 0 Å². The largest absolute Gasteiger partial charge is 0.508 e. The van der Waals surface area contributed by atoms with Crippen LogP contribution < -0.4 is 5.32 Å². The number of unbranched alkanes of at least 4 members (excludes halogenated alkanes) is 3. The van der Waals surface area contributed by atoms with Gasteiger partial charge < -0.3 is 29.8 Å². The molecule has 27 heavy (non-hydrogen) atoms. The van der Waals surface area contributed by atoms with E-state index < -0.39 is 5.41 Å². The second kappa shape index (κ2) is 12.0. The number of allylic oxidation sites excluding steroid dienone is 1. The highest BCUT2D eigenvalue weighted by molar-refractivity contribution is 5.29. The van der Waals surface area contributed by atoms with Crippen molar-refractivity contribution >= 4 is 0 Å². The highest BCUT2D eigenvalue weighted by Gasteiger charge is 2.31. The SMILES string of the molecule is OCC1=C(O)C=CC(CO)(CNCCCCCCOCCc2ccco2)C1. The van der Waals surface area contributed by atoms with E-state index in [1.54, 1.807) is 12.3 Å². The van der Waals surface area contributed by atoms with E-state index in [0.29, 0.717) is 25.1 Å². The molecule has 0 saturated heterocycles. The molecule has 1 aromatic heterocycles. The second-order valence-electron chi connectivity index (χ2n) is 7.21. The Balaban J connectivity index is 1.46. The summed E-state index contributed by atoms with van der Waals surface area (Å²) in [4.78, 5) is 0. The molecule has 0 saturated carbocycles. The first-order valence-electron chi connectivity index (χ1n) is 9.82. The first-order valence-corrected chi connectivity index (χ1v) is 9.82. The van der Waals surface area contributed by atoms with Crippen LogP contribution >= 0.6 is 0 Å². The normalized spacial score (nSPS) is 19.8. The maximum Gasteiger partial charge on any atom is 0.116 e. The van der Waals surface area contributed by atoms with Gasteiger partial charge in [-0.05, 0) is 49.6 Å². The van der Waals surface area contributed by atoms with E-state index in [1.807, 2.05) is 18.2 Å². The molecule has 4 N–H and O–H groups in total. The van der Waals surface area contributed by atoms with Crippen molar-refractivity contribution in [1.29, 1.82) is 0 Å². The Morgan fingerprint density at radius 2 is 2.00 bits per heavy atom. The zero-order valence-electron chi connectivity index (χ0n) is 16.0. The van der Waals surface area contributed by atoms with Gasteiger partial charge in [-0.2, -0.15) is 0 Å². The van der Waals surface area contributed by atoms with Gasteiger partial charge in [-0.15, -0.1) is 0 Å². The Morgan fingerprint density at radius 3 is 2.74 bits per heavy atom. The van der Waals surface area contributed by atoms with Gasteiger partial charge in [0.2, 0.25) is 0 Å². The molecule has 1 aromatic rings. The van der Waals surface area contributed by atoms with Crippen LogP contribution in [0.4, 0.5) is 0 Å². The summed E-state index contributed by atoms with van der Waals surface area (Å²) in [6.45, 7) is 2.81. The van der Waals surface area contributed by atoms with E-state index in [9.17, 15) is 15.3 Å². The van der Waals surface area contributed by atoms with E-state index in [4.69, 9.17) is 9.15 Å². The maximum absolute atomic E-state index is 9.75. The van der Waals surface area contributed by atoms with Crippen LogP contribution in [0.2, 0.25) is 0 Å². The summed E-state index contributed by atoms with van der Waals surface area (Å²) in [5.74, 6) is 1.08. The molecule has 1 aliphatic carbocycles. The van der Waals surface area contributed by atoms with Crippen LogP contribution in [0, 0.1) is 5.41 Å². The lowest BCUT2D eigenvalue weighted by molar-refractivity contribution is 0.129. The smallest absolute Gasteiger partial charge is 0.116 e. The monoisotopic (exact) mass is 379 g/mol. The molecule has 6 nitrogen and oxygen atoms in total. The fourth-order valence-corrected chi connectivity index (χ4v) is 3.25. The van der Waals surface area contributed by atoms with Crippen LogP contribution in [0.5, 0.6) is 0 Å². The maximum atomic E-state index is 9.75. The number of aliphatic hydroxyl groups is 3. The molecule has 0 radical (unpaired) electrons. The average Bonchev–Trinajstić information content (AvgIpc) is 3.21. The molecule has 0 spiro atoms. The molecule has 2 rings (SSSR count). The quantitative estimate of drug-likeness (QED) is 0.371. The van der Waals surface area contributed by atoms with Crippen LogP contribution in [0.1, 0.15) is 37.9 Å². The summed E-state index contributed by atoms with van der Waals surface area (Å²) in [7, 11) is 0. The third-order valence-electron chi connectivity index (χ3n) is 4.97. The van der Waals surface area contributed by atoms with Gasteiger partial charge >= 0.3 is 0 Å². The van der Waals surface area contributed by atoms with E-state index in [1.165, 1.54) is 0 Å². The lowest BCUT2D eigenvalue weighted by Crippen LogP contribution is -2.38. The average molecular weight is 379 g/mol. The topological polar surface area (TPSA) is 95.1 Å². The van der Waals surface area contributed by atoms with Crippen molar-refractivity contribution in [3.8, 4) is 0 Å². The molecule has 6 heteroatoms. The van der Waals surface area contributed by atoms with Crippen molar-refractivity contribution in [2.75, 3.05) is 39.5 Å². The predicted molar refractivity (Wildman–Crippen MR) is 105 cm³/mol. The predicted octanol–water partition coefficient (Wildman–Crippen LogP) is 2.73. The Hall–Kier alpha value is -1.60. The lowest BCUT2D eigenvalue weighted by Gasteiger charge is -2.32. The van der Waals surface area contributed by atoms with Crippen molar-refractivity contribution in [3.63, 3.8) is 0 Å². The van der Waals surface area contributed by atoms with Crippen LogP contribution in [0.25, 0.3) is 0 Å². The molecule has 1 atom stereocenters. The Labute approximate surface area is 161 Å². The van der Waals surface area contributed by atoms with Gasteiger partial charge in [0, 0.05) is 25.0 Å². The third kappa shape index (κ3) is 7.50. The molecule has 0 aliphatic heterocycles. The van der Waals surface area contributed by atoms with Crippen LogP contribution in [-0.2, 0) is 11.2 Å². The molecule has 0 aromatic carbocycles. The van der Waals surface area contributed by atoms with Crippen molar-refractivity contribution in [2.24, 2.45) is 5.41 Å². The van der Waals surface area contributed by atoms with Crippen LogP contribution in [0.15, 0.2) is 46.3 Å². The summed E-state index contributed by atoms with van der Waals surface area (Å²) in [5, 5.41) is 32.2. The van der Waals surface area contributed by atoms with Crippen LogP contribution in [0.3, 0.4) is 0 Å². The molecule has 1 heterocycles. The zero-order chi connectivity index (χ0) is 19.4. The fraction of sp³-hybridized carbons (Fsp3) is 0.619. The minimum Gasteiger partial charge on any atom is -0.508 e. The lowest BCUT2D eigenvalue weighted by atomic mass is 9.78. The number of rotatable bonds is 14. The van der Waals surface area contributed by atoms with Crippen molar-refractivity contribution < 1.29 is 24.5 Å². The number of aliphatic hydroxyl groups excluding tert-OH is 3. The van der Waals surface area contributed by atoms with Gasteiger partial charge in [-0.3, -0.25) is 0 Å². The highest BCUT2D eigenvalue weighted by atomic mass is 16.5. The minimum absolute atomic E-state index is 0.0113. The van der Waals surface area contributed by atoms with Gasteiger partial charge in [0.25, 0.3) is 0 Å². The van der Waals surface area contributed by atoms with Crippen molar-refractivity contribution in [1.82, 2.24) is 5.32 Å². The van der Waals surface area contributed by atoms with Crippen molar-refractivity contribution in [2.45, 2.75) is 38.5 Å². The number of furan rings is 1. The number of hydrogen-bond acceptors (Lipinski definition) is 6. The number of ether oxygens (including phenoxy) is 1. The minimum atomic E-state index is -0.438. The Kier molecular flexibility index (Phi) is 9.62. The zero-order valence-corrected chi connectivity index (χ0v) is 16.0. The van der Waals surface area contributed by atoms with Gasteiger partial charge in [-0.25, -0.2) is 0 Å². The molecule has 0 amide bonds. The Morgan fingerprint density at radius 1 is 1.15 bits per heavy atom. The summed E-state index contributed by atoms with van der Waals surface area (Å²) < 4.78 is 10.9. The van der Waals surface area contributed by atoms with E-state index in [-0.39, 0.29) is 19.0 Å². The van der Waals surface area contributed by atoms with Gasteiger partial charge in [-0.1, -0.05) is 18.9 Å². The highest BCUT2D eigenvalue weighted by Crippen LogP contribution is 2.32. The summed E-state index contributed by atoms with van der Waals surface area (Å²) in [6, 6.07) is 3.85. The summed E-state index contributed by atoms with van der Waals surface area (Å²) in [6.07, 6.45) is 10.8. The van der Waals surface area contributed by atoms with Gasteiger partial charge in [0.05, 0.1) is 26.1 Å². The molecule has 152 valence electrons. The van der Waals surface area contributed by atoms with Crippen molar-refractivity contribution in [3.05, 3.63) is 47.6 Å². The van der Waals surface area contributed by atoms with Gasteiger partial charge in [0.1, 0.15) is 11.5 Å². The number of nitrogens with one attached hydrogen (secondary N) is 1. The Bertz CT molecular complexity index is 581. The van der Waals surface area contributed by atoms with E-state index in [0.717, 1.165) is 51.0 Å². The molecule has 1 aliphatic rings. The molecule has 0 bridgehead atoms. The van der Waals surface area contributed by atoms with Crippen LogP contribution in [-0.4, -0.2) is 54.8 Å².